The third-order valence-electron chi connectivity index (χ3n) is 3.27. The molecule has 2 aromatic rings. The van der Waals surface area contributed by atoms with E-state index in [0.29, 0.717) is 11.3 Å². The van der Waals surface area contributed by atoms with Crippen LogP contribution in [-0.4, -0.2) is 25.1 Å². The van der Waals surface area contributed by atoms with Crippen LogP contribution in [0.5, 0.6) is 5.75 Å². The number of hydrogen-bond acceptors (Lipinski definition) is 4. The lowest BCUT2D eigenvalue weighted by Gasteiger charge is -2.12. The van der Waals surface area contributed by atoms with Crippen LogP contribution in [0.2, 0.25) is 0 Å². The fourth-order valence-corrected chi connectivity index (χ4v) is 2.07. The Balaban J connectivity index is 2.27. The number of esters is 1. The molecule has 0 bridgehead atoms. The maximum absolute atomic E-state index is 12.4. The Morgan fingerprint density at radius 2 is 1.64 bits per heavy atom. The summed E-state index contributed by atoms with van der Waals surface area (Å²) >= 11 is 0. The van der Waals surface area contributed by atoms with Crippen molar-refractivity contribution in [2.75, 3.05) is 7.11 Å². The van der Waals surface area contributed by atoms with Gasteiger partial charge in [-0.05, 0) is 49.8 Å². The summed E-state index contributed by atoms with van der Waals surface area (Å²) in [6.07, 6.45) is 1.28. The summed E-state index contributed by atoms with van der Waals surface area (Å²) in [4.78, 5) is 24.7. The van der Waals surface area contributed by atoms with Crippen LogP contribution in [0.4, 0.5) is 0 Å². The van der Waals surface area contributed by atoms with E-state index < -0.39 is 5.97 Å². The maximum Gasteiger partial charge on any atom is 0.355 e. The van der Waals surface area contributed by atoms with Gasteiger partial charge in [0.25, 0.3) is 5.91 Å². The lowest BCUT2D eigenvalue weighted by Crippen LogP contribution is -2.29. The predicted octanol–water partition coefficient (Wildman–Crippen LogP) is 3.42. The van der Waals surface area contributed by atoms with Gasteiger partial charge in [-0.15, -0.1) is 0 Å². The van der Waals surface area contributed by atoms with Crippen molar-refractivity contribution in [1.29, 1.82) is 0 Å². The summed E-state index contributed by atoms with van der Waals surface area (Å²) in [5.74, 6) is -0.257. The van der Waals surface area contributed by atoms with E-state index in [1.54, 1.807) is 75.6 Å². The lowest BCUT2D eigenvalue weighted by atomic mass is 10.1. The van der Waals surface area contributed by atoms with Gasteiger partial charge in [0.15, 0.2) is 0 Å². The van der Waals surface area contributed by atoms with Crippen molar-refractivity contribution in [2.24, 2.45) is 0 Å². The molecule has 0 atom stereocenters. The smallest absolute Gasteiger partial charge is 0.355 e. The number of rotatable bonds is 6. The van der Waals surface area contributed by atoms with Crippen molar-refractivity contribution >= 4 is 18.0 Å². The summed E-state index contributed by atoms with van der Waals surface area (Å²) in [5, 5.41) is 2.63. The van der Waals surface area contributed by atoms with Crippen molar-refractivity contribution < 1.29 is 19.1 Å². The van der Waals surface area contributed by atoms with Crippen LogP contribution in [0.15, 0.2) is 60.3 Å². The maximum atomic E-state index is 12.4. The van der Waals surface area contributed by atoms with Crippen molar-refractivity contribution in [2.45, 2.75) is 20.0 Å². The molecule has 0 aliphatic heterocycles. The molecule has 0 saturated carbocycles. The zero-order valence-corrected chi connectivity index (χ0v) is 14.5. The minimum absolute atomic E-state index is 0.0766. The molecule has 0 aromatic heterocycles. The molecule has 0 saturated heterocycles. The Morgan fingerprint density at radius 3 is 2.20 bits per heavy atom. The van der Waals surface area contributed by atoms with Gasteiger partial charge in [-0.2, -0.15) is 0 Å². The quantitative estimate of drug-likeness (QED) is 0.647. The highest BCUT2D eigenvalue weighted by atomic mass is 16.5. The monoisotopic (exact) mass is 339 g/mol. The van der Waals surface area contributed by atoms with E-state index in [1.807, 2.05) is 6.07 Å². The fourth-order valence-electron chi connectivity index (χ4n) is 2.07. The van der Waals surface area contributed by atoms with Crippen molar-refractivity contribution in [1.82, 2.24) is 5.32 Å². The van der Waals surface area contributed by atoms with Gasteiger partial charge in [-0.1, -0.05) is 30.3 Å². The second-order valence-corrected chi connectivity index (χ2v) is 5.61. The summed E-state index contributed by atoms with van der Waals surface area (Å²) in [6, 6.07) is 15.8. The molecule has 0 unspecified atom stereocenters. The number of ether oxygens (including phenoxy) is 2. The fraction of sp³-hybridized carbons (Fsp3) is 0.200. The summed E-state index contributed by atoms with van der Waals surface area (Å²) in [5.41, 5.74) is 1.28. The number of nitrogens with one attached hydrogen (secondary N) is 1. The minimum atomic E-state index is -0.588. The van der Waals surface area contributed by atoms with E-state index in [0.717, 1.165) is 5.56 Å². The van der Waals surface area contributed by atoms with Gasteiger partial charge in [0.05, 0.1) is 13.2 Å². The van der Waals surface area contributed by atoms with Crippen LogP contribution < -0.4 is 10.1 Å². The topological polar surface area (TPSA) is 64.6 Å². The summed E-state index contributed by atoms with van der Waals surface area (Å²) in [7, 11) is 1.58. The van der Waals surface area contributed by atoms with Gasteiger partial charge < -0.3 is 14.8 Å². The Morgan fingerprint density at radius 1 is 1.00 bits per heavy atom. The Bertz CT molecular complexity index is 749. The average Bonchev–Trinajstić information content (AvgIpc) is 2.62. The molecule has 1 amide bonds. The first-order chi connectivity index (χ1) is 12.0. The number of carbonyl (C=O) groups is 2. The molecule has 0 radical (unpaired) electrons. The first-order valence-electron chi connectivity index (χ1n) is 7.92. The van der Waals surface area contributed by atoms with Crippen LogP contribution in [-0.2, 0) is 9.53 Å². The molecule has 2 rings (SSSR count). The van der Waals surface area contributed by atoms with Crippen LogP contribution in [0.3, 0.4) is 0 Å². The molecule has 0 fully saturated rings. The van der Waals surface area contributed by atoms with E-state index in [9.17, 15) is 9.59 Å². The van der Waals surface area contributed by atoms with Crippen LogP contribution in [0.1, 0.15) is 29.8 Å². The molecule has 0 aliphatic carbocycles. The second-order valence-electron chi connectivity index (χ2n) is 5.61. The zero-order chi connectivity index (χ0) is 18.2. The summed E-state index contributed by atoms with van der Waals surface area (Å²) in [6.45, 7) is 3.50. The molecule has 130 valence electrons. The van der Waals surface area contributed by atoms with Crippen molar-refractivity contribution in [3.05, 3.63) is 71.4 Å². The van der Waals surface area contributed by atoms with Gasteiger partial charge in [-0.25, -0.2) is 4.79 Å². The predicted molar refractivity (Wildman–Crippen MR) is 96.1 cm³/mol. The normalized spacial score (nSPS) is 11.1. The number of methoxy groups -OCH3 is 1. The minimum Gasteiger partial charge on any atom is -0.497 e. The lowest BCUT2D eigenvalue weighted by molar-refractivity contribution is -0.142. The van der Waals surface area contributed by atoms with Crippen LogP contribution in [0, 0.1) is 0 Å². The molecule has 0 heterocycles. The molecule has 0 spiro atoms. The highest BCUT2D eigenvalue weighted by Crippen LogP contribution is 2.14. The summed E-state index contributed by atoms with van der Waals surface area (Å²) < 4.78 is 10.3. The largest absolute Gasteiger partial charge is 0.497 e. The van der Waals surface area contributed by atoms with E-state index >= 15 is 0 Å². The van der Waals surface area contributed by atoms with Crippen LogP contribution in [0.25, 0.3) is 6.08 Å². The molecular formula is C20H21NO4. The highest BCUT2D eigenvalue weighted by molar-refractivity contribution is 6.03. The molecule has 5 nitrogen and oxygen atoms in total. The third-order valence-corrected chi connectivity index (χ3v) is 3.27. The number of hydrogen-bond donors (Lipinski definition) is 1. The highest BCUT2D eigenvalue weighted by Gasteiger charge is 2.17. The molecule has 5 heteroatoms. The van der Waals surface area contributed by atoms with Gasteiger partial charge in [-0.3, -0.25) is 4.79 Å². The Hall–Kier alpha value is -3.08. The SMILES string of the molecule is COc1ccc(/C=C(/NC(=O)c2ccccc2)C(=O)OC(C)C)cc1. The standard InChI is InChI=1S/C20H21NO4/c1-14(2)25-20(23)18(13-15-9-11-17(24-3)12-10-15)21-19(22)16-7-5-4-6-8-16/h4-14H,1-3H3,(H,21,22)/b18-13+. The van der Waals surface area contributed by atoms with Gasteiger partial charge >= 0.3 is 5.97 Å². The first-order valence-corrected chi connectivity index (χ1v) is 7.92. The average molecular weight is 339 g/mol. The molecule has 1 N–H and O–H groups in total. The third kappa shape index (κ3) is 5.49. The van der Waals surface area contributed by atoms with E-state index in [2.05, 4.69) is 5.32 Å². The molecule has 2 aromatic carbocycles. The molecule has 0 aliphatic rings. The van der Waals surface area contributed by atoms with E-state index in [1.165, 1.54) is 0 Å². The Kier molecular flexibility index (Phi) is 6.34. The number of benzene rings is 2. The van der Waals surface area contributed by atoms with E-state index in [4.69, 9.17) is 9.47 Å². The number of carbonyl (C=O) groups excluding carboxylic acids is 2. The van der Waals surface area contributed by atoms with Crippen molar-refractivity contribution in [3.63, 3.8) is 0 Å². The van der Waals surface area contributed by atoms with Gasteiger partial charge in [0, 0.05) is 5.56 Å². The molecule has 25 heavy (non-hydrogen) atoms. The number of amides is 1. The van der Waals surface area contributed by atoms with Crippen molar-refractivity contribution in [3.8, 4) is 5.75 Å². The van der Waals surface area contributed by atoms with Gasteiger partial charge in [0.2, 0.25) is 0 Å². The van der Waals surface area contributed by atoms with Gasteiger partial charge in [0.1, 0.15) is 11.4 Å². The zero-order valence-electron chi connectivity index (χ0n) is 14.5. The van der Waals surface area contributed by atoms with E-state index in [-0.39, 0.29) is 17.7 Å². The first kappa shape index (κ1) is 18.3. The Labute approximate surface area is 147 Å². The molecular weight excluding hydrogens is 318 g/mol. The second kappa shape index (κ2) is 8.68. The van der Waals surface area contributed by atoms with Crippen LogP contribution >= 0.6 is 0 Å².